The Labute approximate surface area is 131 Å². The van der Waals surface area contributed by atoms with Crippen LogP contribution in [0.4, 0.5) is 5.69 Å². The summed E-state index contributed by atoms with van der Waals surface area (Å²) < 4.78 is 0.994. The maximum atomic E-state index is 4.63. The van der Waals surface area contributed by atoms with Crippen molar-refractivity contribution >= 4 is 49.4 Å². The lowest BCUT2D eigenvalue weighted by Crippen LogP contribution is -2.27. The van der Waals surface area contributed by atoms with E-state index in [1.54, 1.807) is 11.8 Å². The van der Waals surface area contributed by atoms with Gasteiger partial charge >= 0.3 is 0 Å². The molecule has 0 fully saturated rings. The van der Waals surface area contributed by atoms with Gasteiger partial charge in [0.2, 0.25) is 0 Å². The summed E-state index contributed by atoms with van der Waals surface area (Å²) in [6, 6.07) is 8.23. The Morgan fingerprint density at radius 3 is 2.95 bits per heavy atom. The number of anilines is 1. The van der Waals surface area contributed by atoms with Gasteiger partial charge in [0, 0.05) is 28.4 Å². The predicted octanol–water partition coefficient (Wildman–Crippen LogP) is 4.54. The van der Waals surface area contributed by atoms with Crippen molar-refractivity contribution in [3.63, 3.8) is 0 Å². The number of aliphatic imine (C=N–C) groups is 1. The SMILES string of the molecule is CC1(C)CN=C(Nc2cccc3cc(Br)cnc23)SC1. The Bertz CT molecular complexity index is 682. The Kier molecular flexibility index (Phi) is 3.73. The number of thioether (sulfide) groups is 1. The van der Waals surface area contributed by atoms with Crippen LogP contribution in [0.3, 0.4) is 0 Å². The molecule has 2 aromatic rings. The average Bonchev–Trinajstić information content (AvgIpc) is 2.41. The van der Waals surface area contributed by atoms with Gasteiger partial charge in [-0.05, 0) is 33.5 Å². The molecule has 1 aromatic carbocycles. The van der Waals surface area contributed by atoms with Crippen molar-refractivity contribution in [1.82, 2.24) is 4.98 Å². The summed E-state index contributed by atoms with van der Waals surface area (Å²) >= 11 is 5.24. The standard InChI is InChI=1S/C15H16BrN3S/c1-15(2)8-18-14(20-9-15)19-12-5-3-4-10-6-11(16)7-17-13(10)12/h3-7H,8-9H2,1-2H3,(H,18,19). The number of amidine groups is 1. The van der Waals surface area contributed by atoms with E-state index in [2.05, 4.69) is 57.2 Å². The zero-order valence-electron chi connectivity index (χ0n) is 11.5. The maximum absolute atomic E-state index is 4.63. The molecule has 1 N–H and O–H groups in total. The van der Waals surface area contributed by atoms with Crippen LogP contribution in [0.5, 0.6) is 0 Å². The van der Waals surface area contributed by atoms with E-state index >= 15 is 0 Å². The molecule has 5 heteroatoms. The summed E-state index contributed by atoms with van der Waals surface area (Å²) in [4.78, 5) is 9.13. The van der Waals surface area contributed by atoms with Gasteiger partial charge in [0.05, 0.1) is 11.2 Å². The molecule has 2 heterocycles. The van der Waals surface area contributed by atoms with Crippen molar-refractivity contribution in [2.24, 2.45) is 10.4 Å². The molecule has 0 amide bonds. The minimum absolute atomic E-state index is 0.289. The lowest BCUT2D eigenvalue weighted by Gasteiger charge is -2.27. The molecule has 0 bridgehead atoms. The number of hydrogen-bond donors (Lipinski definition) is 1. The minimum Gasteiger partial charge on any atom is -0.333 e. The fourth-order valence-corrected chi connectivity index (χ4v) is 3.37. The van der Waals surface area contributed by atoms with E-state index in [0.717, 1.165) is 38.5 Å². The summed E-state index contributed by atoms with van der Waals surface area (Å²) in [5.41, 5.74) is 2.28. The third-order valence-corrected chi connectivity index (χ3v) is 5.03. The third-order valence-electron chi connectivity index (χ3n) is 3.17. The molecule has 0 saturated heterocycles. The normalized spacial score (nSPS) is 17.9. The summed E-state index contributed by atoms with van der Waals surface area (Å²) in [7, 11) is 0. The number of pyridine rings is 1. The van der Waals surface area contributed by atoms with Crippen molar-refractivity contribution in [2.45, 2.75) is 13.8 Å². The Hall–Kier alpha value is -1.07. The molecule has 0 unspecified atom stereocenters. The van der Waals surface area contributed by atoms with E-state index in [9.17, 15) is 0 Å². The van der Waals surface area contributed by atoms with Crippen molar-refractivity contribution in [2.75, 3.05) is 17.6 Å². The Balaban J connectivity index is 1.90. The molecule has 1 aliphatic rings. The zero-order chi connectivity index (χ0) is 14.2. The van der Waals surface area contributed by atoms with E-state index in [-0.39, 0.29) is 5.41 Å². The number of halogens is 1. The molecule has 3 nitrogen and oxygen atoms in total. The molecule has 0 saturated carbocycles. The van der Waals surface area contributed by atoms with E-state index < -0.39 is 0 Å². The van der Waals surface area contributed by atoms with E-state index in [1.165, 1.54) is 0 Å². The summed E-state index contributed by atoms with van der Waals surface area (Å²) in [6.45, 7) is 5.36. The Morgan fingerprint density at radius 2 is 2.20 bits per heavy atom. The van der Waals surface area contributed by atoms with Crippen LogP contribution >= 0.6 is 27.7 Å². The predicted molar refractivity (Wildman–Crippen MR) is 91.6 cm³/mol. The molecule has 0 atom stereocenters. The highest BCUT2D eigenvalue weighted by molar-refractivity contribution is 9.10. The molecule has 1 aromatic heterocycles. The summed E-state index contributed by atoms with van der Waals surface area (Å²) in [6.07, 6.45) is 1.83. The van der Waals surface area contributed by atoms with E-state index in [0.29, 0.717) is 0 Å². The van der Waals surface area contributed by atoms with Gasteiger partial charge in [-0.25, -0.2) is 0 Å². The zero-order valence-corrected chi connectivity index (χ0v) is 13.9. The first-order valence-electron chi connectivity index (χ1n) is 6.52. The molecular weight excluding hydrogens is 334 g/mol. The van der Waals surface area contributed by atoms with Gasteiger partial charge in [0.25, 0.3) is 0 Å². The molecular formula is C15H16BrN3S. The van der Waals surface area contributed by atoms with E-state index in [1.807, 2.05) is 18.3 Å². The molecule has 0 radical (unpaired) electrons. The first kappa shape index (κ1) is 13.9. The maximum Gasteiger partial charge on any atom is 0.161 e. The van der Waals surface area contributed by atoms with Gasteiger partial charge in [0.1, 0.15) is 0 Å². The fraction of sp³-hybridized carbons (Fsp3) is 0.333. The molecule has 1 aliphatic heterocycles. The second kappa shape index (κ2) is 5.37. The lowest BCUT2D eigenvalue weighted by molar-refractivity contribution is 0.438. The van der Waals surface area contributed by atoms with Crippen molar-refractivity contribution in [3.8, 4) is 0 Å². The number of nitrogens with one attached hydrogen (secondary N) is 1. The number of aromatic nitrogens is 1. The molecule has 104 valence electrons. The molecule has 0 aliphatic carbocycles. The smallest absolute Gasteiger partial charge is 0.161 e. The highest BCUT2D eigenvalue weighted by Gasteiger charge is 2.23. The molecule has 20 heavy (non-hydrogen) atoms. The second-order valence-electron chi connectivity index (χ2n) is 5.73. The lowest BCUT2D eigenvalue weighted by atomic mass is 9.97. The quantitative estimate of drug-likeness (QED) is 0.821. The van der Waals surface area contributed by atoms with Crippen LogP contribution in [-0.4, -0.2) is 22.4 Å². The highest BCUT2D eigenvalue weighted by Crippen LogP contribution is 2.30. The largest absolute Gasteiger partial charge is 0.333 e. The average molecular weight is 350 g/mol. The van der Waals surface area contributed by atoms with Gasteiger partial charge in [-0.1, -0.05) is 37.7 Å². The van der Waals surface area contributed by atoms with Crippen molar-refractivity contribution in [1.29, 1.82) is 0 Å². The van der Waals surface area contributed by atoms with Crippen molar-refractivity contribution in [3.05, 3.63) is 34.9 Å². The van der Waals surface area contributed by atoms with Crippen LogP contribution in [0.25, 0.3) is 10.9 Å². The van der Waals surface area contributed by atoms with Gasteiger partial charge in [-0.2, -0.15) is 0 Å². The van der Waals surface area contributed by atoms with Crippen molar-refractivity contribution < 1.29 is 0 Å². The van der Waals surface area contributed by atoms with E-state index in [4.69, 9.17) is 0 Å². The number of nitrogens with zero attached hydrogens (tertiary/aromatic N) is 2. The summed E-state index contributed by atoms with van der Waals surface area (Å²) in [5.74, 6) is 1.09. The van der Waals surface area contributed by atoms with Gasteiger partial charge in [0.15, 0.2) is 5.17 Å². The van der Waals surface area contributed by atoms with Crippen LogP contribution < -0.4 is 5.32 Å². The third kappa shape index (κ3) is 2.99. The van der Waals surface area contributed by atoms with Gasteiger partial charge in [-0.3, -0.25) is 9.98 Å². The first-order chi connectivity index (χ1) is 9.53. The number of hydrogen-bond acceptors (Lipinski definition) is 4. The Morgan fingerprint density at radius 1 is 1.35 bits per heavy atom. The summed E-state index contributed by atoms with van der Waals surface area (Å²) in [5, 5.41) is 5.52. The molecule has 0 spiro atoms. The van der Waals surface area contributed by atoms with Gasteiger partial charge in [-0.15, -0.1) is 0 Å². The minimum atomic E-state index is 0.289. The van der Waals surface area contributed by atoms with Crippen LogP contribution in [0.2, 0.25) is 0 Å². The number of fused-ring (bicyclic) bond motifs is 1. The monoisotopic (exact) mass is 349 g/mol. The number of para-hydroxylation sites is 1. The van der Waals surface area contributed by atoms with Crippen LogP contribution in [0.1, 0.15) is 13.8 Å². The van der Waals surface area contributed by atoms with Crippen LogP contribution in [-0.2, 0) is 0 Å². The topological polar surface area (TPSA) is 37.3 Å². The van der Waals surface area contributed by atoms with Crippen LogP contribution in [0.15, 0.2) is 39.9 Å². The molecule has 3 rings (SSSR count). The number of benzene rings is 1. The number of rotatable bonds is 1. The first-order valence-corrected chi connectivity index (χ1v) is 8.30. The van der Waals surface area contributed by atoms with Crippen LogP contribution in [0, 0.1) is 5.41 Å². The fourth-order valence-electron chi connectivity index (χ4n) is 2.07. The second-order valence-corrected chi connectivity index (χ2v) is 7.61. The van der Waals surface area contributed by atoms with Gasteiger partial charge < -0.3 is 5.32 Å². The highest BCUT2D eigenvalue weighted by atomic mass is 79.9.